The molecule has 1 fully saturated rings. The van der Waals surface area contributed by atoms with Crippen LogP contribution in [0, 0.1) is 0 Å². The average molecular weight is 329 g/mol. The minimum atomic E-state index is 0.190. The summed E-state index contributed by atoms with van der Waals surface area (Å²) in [6.07, 6.45) is 13.0. The Morgan fingerprint density at radius 3 is 2.71 bits per heavy atom. The van der Waals surface area contributed by atoms with Gasteiger partial charge in [-0.1, -0.05) is 25.0 Å². The third-order valence-electron chi connectivity index (χ3n) is 4.70. The molecule has 24 heavy (non-hydrogen) atoms. The molecule has 0 radical (unpaired) electrons. The molecule has 2 aliphatic rings. The lowest BCUT2D eigenvalue weighted by Crippen LogP contribution is -2.25. The number of hydrogen-bond acceptors (Lipinski definition) is 3. The molecular formula is C20H27NO3. The molecule has 1 amide bonds. The van der Waals surface area contributed by atoms with Gasteiger partial charge in [-0.3, -0.25) is 4.79 Å². The van der Waals surface area contributed by atoms with Gasteiger partial charge in [0.25, 0.3) is 0 Å². The van der Waals surface area contributed by atoms with Gasteiger partial charge in [-0.25, -0.2) is 0 Å². The fourth-order valence-electron chi connectivity index (χ4n) is 3.27. The quantitative estimate of drug-likeness (QED) is 0.533. The fraction of sp³-hybridized carbons (Fsp3) is 0.550. The molecule has 0 atom stereocenters. The first-order chi connectivity index (χ1) is 11.8. The third kappa shape index (κ3) is 4.76. The summed E-state index contributed by atoms with van der Waals surface area (Å²) in [6, 6.07) is 6.22. The molecule has 0 N–H and O–H groups in total. The van der Waals surface area contributed by atoms with E-state index in [-0.39, 0.29) is 5.91 Å². The number of likely N-dealkylation sites (tertiary alicyclic amines) is 1. The maximum atomic E-state index is 11.8. The highest BCUT2D eigenvalue weighted by Crippen LogP contribution is 2.32. The third-order valence-corrected chi connectivity index (χ3v) is 4.70. The number of unbranched alkanes of at least 4 members (excludes halogenated alkanes) is 4. The summed E-state index contributed by atoms with van der Waals surface area (Å²) in [5, 5.41) is 0. The van der Waals surface area contributed by atoms with Crippen LogP contribution >= 0.6 is 0 Å². The standard InChI is InChI=1S/C20H27NO3/c22-20(21-13-7-8-14-21)10-6-4-2-1-3-5-9-17-11-12-18-19(15-17)24-16-23-18/h6,10-12,15H,1-5,7-9,13-14,16H2/b10-6+. The normalized spacial score (nSPS) is 16.2. The Morgan fingerprint density at radius 1 is 1.04 bits per heavy atom. The van der Waals surface area contributed by atoms with Gasteiger partial charge < -0.3 is 14.4 Å². The zero-order valence-electron chi connectivity index (χ0n) is 14.3. The molecule has 130 valence electrons. The Labute approximate surface area is 144 Å². The molecule has 3 rings (SSSR count). The van der Waals surface area contributed by atoms with Crippen molar-refractivity contribution in [3.05, 3.63) is 35.9 Å². The monoisotopic (exact) mass is 329 g/mol. The molecule has 2 heterocycles. The number of rotatable bonds is 8. The van der Waals surface area contributed by atoms with Crippen molar-refractivity contribution in [1.82, 2.24) is 4.90 Å². The van der Waals surface area contributed by atoms with Gasteiger partial charge in [0, 0.05) is 13.1 Å². The molecule has 0 saturated carbocycles. The molecule has 1 aromatic rings. The molecular weight excluding hydrogens is 302 g/mol. The van der Waals surface area contributed by atoms with Crippen LogP contribution in [0.4, 0.5) is 0 Å². The van der Waals surface area contributed by atoms with Gasteiger partial charge >= 0.3 is 0 Å². The topological polar surface area (TPSA) is 38.8 Å². The lowest BCUT2D eigenvalue weighted by Gasteiger charge is -2.11. The van der Waals surface area contributed by atoms with Gasteiger partial charge in [-0.2, -0.15) is 0 Å². The van der Waals surface area contributed by atoms with Crippen LogP contribution in [0.1, 0.15) is 50.5 Å². The summed E-state index contributed by atoms with van der Waals surface area (Å²) >= 11 is 0. The minimum absolute atomic E-state index is 0.190. The number of ether oxygens (including phenoxy) is 2. The first-order valence-corrected chi connectivity index (χ1v) is 9.17. The number of carbonyl (C=O) groups excluding carboxylic acids is 1. The number of aryl methyl sites for hydroxylation is 1. The summed E-state index contributed by atoms with van der Waals surface area (Å²) in [5.41, 5.74) is 1.32. The summed E-state index contributed by atoms with van der Waals surface area (Å²) < 4.78 is 10.7. The van der Waals surface area contributed by atoms with Crippen LogP contribution in [0.5, 0.6) is 11.5 Å². The van der Waals surface area contributed by atoms with E-state index in [2.05, 4.69) is 12.1 Å². The molecule has 4 heteroatoms. The second-order valence-electron chi connectivity index (χ2n) is 6.58. The van der Waals surface area contributed by atoms with Crippen LogP contribution in [0.15, 0.2) is 30.4 Å². The van der Waals surface area contributed by atoms with Gasteiger partial charge in [0.1, 0.15) is 0 Å². The fourth-order valence-corrected chi connectivity index (χ4v) is 3.27. The van der Waals surface area contributed by atoms with Crippen molar-refractivity contribution in [1.29, 1.82) is 0 Å². The lowest BCUT2D eigenvalue weighted by atomic mass is 10.0. The summed E-state index contributed by atoms with van der Waals surface area (Å²) in [6.45, 7) is 2.21. The van der Waals surface area contributed by atoms with Gasteiger partial charge in [-0.05, 0) is 62.3 Å². The van der Waals surface area contributed by atoms with Gasteiger partial charge in [0.2, 0.25) is 12.7 Å². The number of hydrogen-bond donors (Lipinski definition) is 0. The van der Waals surface area contributed by atoms with E-state index in [9.17, 15) is 4.79 Å². The van der Waals surface area contributed by atoms with Crippen molar-refractivity contribution in [2.75, 3.05) is 19.9 Å². The molecule has 1 aromatic carbocycles. The average Bonchev–Trinajstić information content (AvgIpc) is 3.28. The van der Waals surface area contributed by atoms with E-state index in [1.54, 1.807) is 6.08 Å². The zero-order valence-corrected chi connectivity index (χ0v) is 14.3. The molecule has 0 aliphatic carbocycles. The number of allylic oxidation sites excluding steroid dienone is 1. The number of amides is 1. The molecule has 0 aromatic heterocycles. The largest absolute Gasteiger partial charge is 0.454 e. The van der Waals surface area contributed by atoms with E-state index in [0.29, 0.717) is 6.79 Å². The van der Waals surface area contributed by atoms with Gasteiger partial charge in [-0.15, -0.1) is 0 Å². The Balaban J connectivity index is 1.24. The smallest absolute Gasteiger partial charge is 0.246 e. The molecule has 0 unspecified atom stereocenters. The van der Waals surface area contributed by atoms with Crippen LogP contribution in [-0.4, -0.2) is 30.7 Å². The van der Waals surface area contributed by atoms with E-state index >= 15 is 0 Å². The minimum Gasteiger partial charge on any atom is -0.454 e. The first-order valence-electron chi connectivity index (χ1n) is 9.17. The van der Waals surface area contributed by atoms with Gasteiger partial charge in [0.15, 0.2) is 11.5 Å². The predicted molar refractivity (Wildman–Crippen MR) is 94.3 cm³/mol. The number of nitrogens with zero attached hydrogens (tertiary/aromatic N) is 1. The summed E-state index contributed by atoms with van der Waals surface area (Å²) in [5.74, 6) is 1.92. The van der Waals surface area contributed by atoms with Crippen LogP contribution in [0.25, 0.3) is 0 Å². The zero-order chi connectivity index (χ0) is 16.6. The number of benzene rings is 1. The molecule has 0 spiro atoms. The highest BCUT2D eigenvalue weighted by molar-refractivity contribution is 5.87. The van der Waals surface area contributed by atoms with E-state index < -0.39 is 0 Å². The molecule has 4 nitrogen and oxygen atoms in total. The Bertz CT molecular complexity index is 576. The maximum absolute atomic E-state index is 11.8. The maximum Gasteiger partial charge on any atom is 0.246 e. The highest BCUT2D eigenvalue weighted by atomic mass is 16.7. The lowest BCUT2D eigenvalue weighted by molar-refractivity contribution is -0.125. The SMILES string of the molecule is O=C(/C=C/CCCCCCc1ccc2c(c1)OCO2)N1CCCC1. The van der Waals surface area contributed by atoms with E-state index in [0.717, 1.165) is 56.7 Å². The van der Waals surface area contributed by atoms with E-state index in [4.69, 9.17) is 9.47 Å². The van der Waals surface area contributed by atoms with Crippen molar-refractivity contribution in [2.24, 2.45) is 0 Å². The Morgan fingerprint density at radius 2 is 1.83 bits per heavy atom. The van der Waals surface area contributed by atoms with Crippen LogP contribution < -0.4 is 9.47 Å². The second kappa shape index (κ2) is 8.76. The number of fused-ring (bicyclic) bond motifs is 1. The predicted octanol–water partition coefficient (Wildman–Crippen LogP) is 4.09. The van der Waals surface area contributed by atoms with E-state index in [1.807, 2.05) is 17.0 Å². The van der Waals surface area contributed by atoms with Crippen LogP contribution in [0.3, 0.4) is 0 Å². The Hall–Kier alpha value is -1.97. The molecule has 0 bridgehead atoms. The van der Waals surface area contributed by atoms with Crippen molar-refractivity contribution in [3.63, 3.8) is 0 Å². The van der Waals surface area contributed by atoms with Crippen molar-refractivity contribution >= 4 is 5.91 Å². The van der Waals surface area contributed by atoms with Gasteiger partial charge in [0.05, 0.1) is 0 Å². The van der Waals surface area contributed by atoms with Crippen molar-refractivity contribution < 1.29 is 14.3 Å². The summed E-state index contributed by atoms with van der Waals surface area (Å²) in [7, 11) is 0. The molecule has 1 saturated heterocycles. The first kappa shape index (κ1) is 16.9. The Kier molecular flexibility index (Phi) is 6.16. The van der Waals surface area contributed by atoms with Crippen LogP contribution in [0.2, 0.25) is 0 Å². The number of carbonyl (C=O) groups is 1. The van der Waals surface area contributed by atoms with E-state index in [1.165, 1.54) is 24.8 Å². The van der Waals surface area contributed by atoms with Crippen LogP contribution in [-0.2, 0) is 11.2 Å². The second-order valence-corrected chi connectivity index (χ2v) is 6.58. The van der Waals surface area contributed by atoms with Crippen molar-refractivity contribution in [3.8, 4) is 11.5 Å². The molecule has 2 aliphatic heterocycles. The highest BCUT2D eigenvalue weighted by Gasteiger charge is 2.15. The summed E-state index contributed by atoms with van der Waals surface area (Å²) in [4.78, 5) is 13.8. The van der Waals surface area contributed by atoms with Crippen molar-refractivity contribution in [2.45, 2.75) is 51.4 Å².